The molecule has 0 aliphatic heterocycles. The molecule has 0 radical (unpaired) electrons. The van der Waals surface area contributed by atoms with Crippen molar-refractivity contribution in [2.75, 3.05) is 20.1 Å². The van der Waals surface area contributed by atoms with Crippen LogP contribution >= 0.6 is 0 Å². The van der Waals surface area contributed by atoms with Gasteiger partial charge in [0, 0.05) is 19.1 Å². The van der Waals surface area contributed by atoms with Crippen LogP contribution in [0.5, 0.6) is 0 Å². The highest BCUT2D eigenvalue weighted by molar-refractivity contribution is 4.80. The van der Waals surface area contributed by atoms with Gasteiger partial charge >= 0.3 is 0 Å². The summed E-state index contributed by atoms with van der Waals surface area (Å²) in [5.74, 6) is 0.922. The fourth-order valence-electron chi connectivity index (χ4n) is 2.49. The van der Waals surface area contributed by atoms with Crippen LogP contribution < -0.4 is 5.73 Å². The summed E-state index contributed by atoms with van der Waals surface area (Å²) >= 11 is 0. The van der Waals surface area contributed by atoms with Crippen LogP contribution in [0.2, 0.25) is 0 Å². The molecule has 1 atom stereocenters. The monoisotopic (exact) mass is 226 g/mol. The molecule has 2 heteroatoms. The second-order valence-electron chi connectivity index (χ2n) is 6.70. The Morgan fingerprint density at radius 1 is 1.19 bits per heavy atom. The van der Waals surface area contributed by atoms with E-state index in [-0.39, 0.29) is 11.5 Å². The summed E-state index contributed by atoms with van der Waals surface area (Å²) in [6.45, 7) is 8.95. The lowest BCUT2D eigenvalue weighted by molar-refractivity contribution is 0.187. The molecule has 0 bridgehead atoms. The lowest BCUT2D eigenvalue weighted by atomic mass is 9.86. The van der Waals surface area contributed by atoms with Crippen LogP contribution in [0.1, 0.15) is 52.9 Å². The minimum atomic E-state index is 0.223. The Bertz CT molecular complexity index is 189. The number of hydrogen-bond donors (Lipinski definition) is 1. The normalized spacial score (nSPS) is 21.4. The molecule has 1 rings (SSSR count). The summed E-state index contributed by atoms with van der Waals surface area (Å²) in [5, 5.41) is 0. The van der Waals surface area contributed by atoms with Gasteiger partial charge in [-0.3, -0.25) is 0 Å². The van der Waals surface area contributed by atoms with Crippen molar-refractivity contribution in [1.82, 2.24) is 4.90 Å². The molecule has 0 aromatic rings. The summed E-state index contributed by atoms with van der Waals surface area (Å²) in [6.07, 6.45) is 7.17. The molecule has 1 aliphatic carbocycles. The third kappa shape index (κ3) is 4.84. The standard InChI is InChI=1S/C14H30N2/c1-14(2,3)13(15)11-16(4)10-12-8-6-5-7-9-12/h12-13H,5-11,15H2,1-4H3. The minimum Gasteiger partial charge on any atom is -0.326 e. The Balaban J connectivity index is 2.26. The zero-order chi connectivity index (χ0) is 12.2. The van der Waals surface area contributed by atoms with Crippen LogP contribution in [0.15, 0.2) is 0 Å². The average molecular weight is 226 g/mol. The maximum absolute atomic E-state index is 6.22. The molecule has 1 unspecified atom stereocenters. The van der Waals surface area contributed by atoms with Gasteiger partial charge in [0.2, 0.25) is 0 Å². The van der Waals surface area contributed by atoms with Gasteiger partial charge in [0.05, 0.1) is 0 Å². The summed E-state index contributed by atoms with van der Waals surface area (Å²) in [4.78, 5) is 2.44. The maximum Gasteiger partial charge on any atom is 0.0217 e. The Labute approximate surface area is 102 Å². The predicted molar refractivity (Wildman–Crippen MR) is 71.5 cm³/mol. The molecule has 1 aliphatic rings. The summed E-state index contributed by atoms with van der Waals surface area (Å²) < 4.78 is 0. The number of likely N-dealkylation sites (N-methyl/N-ethyl adjacent to an activating group) is 1. The molecule has 0 spiro atoms. The van der Waals surface area contributed by atoms with Crippen LogP contribution in [-0.4, -0.2) is 31.1 Å². The first-order valence-electron chi connectivity index (χ1n) is 6.83. The largest absolute Gasteiger partial charge is 0.326 e. The van der Waals surface area contributed by atoms with Gasteiger partial charge in [0.25, 0.3) is 0 Å². The molecule has 2 nitrogen and oxygen atoms in total. The Morgan fingerprint density at radius 2 is 1.75 bits per heavy atom. The van der Waals surface area contributed by atoms with Gasteiger partial charge in [-0.1, -0.05) is 40.0 Å². The van der Waals surface area contributed by atoms with E-state index in [1.807, 2.05) is 0 Å². The highest BCUT2D eigenvalue weighted by Crippen LogP contribution is 2.24. The van der Waals surface area contributed by atoms with Crippen molar-refractivity contribution in [3.05, 3.63) is 0 Å². The van der Waals surface area contributed by atoms with E-state index < -0.39 is 0 Å². The first-order valence-corrected chi connectivity index (χ1v) is 6.83. The lowest BCUT2D eigenvalue weighted by Crippen LogP contribution is -2.45. The van der Waals surface area contributed by atoms with Gasteiger partial charge in [-0.05, 0) is 31.2 Å². The third-order valence-corrected chi connectivity index (χ3v) is 3.92. The highest BCUT2D eigenvalue weighted by atomic mass is 15.1. The molecular weight excluding hydrogens is 196 g/mol. The summed E-state index contributed by atoms with van der Waals surface area (Å²) in [6, 6.07) is 0.279. The van der Waals surface area contributed by atoms with E-state index in [4.69, 9.17) is 5.73 Å². The number of nitrogens with two attached hydrogens (primary N) is 1. The van der Waals surface area contributed by atoms with Crippen molar-refractivity contribution in [2.24, 2.45) is 17.1 Å². The first kappa shape index (κ1) is 14.0. The van der Waals surface area contributed by atoms with Crippen LogP contribution in [0.4, 0.5) is 0 Å². The molecule has 0 aromatic heterocycles. The third-order valence-electron chi connectivity index (χ3n) is 3.92. The van der Waals surface area contributed by atoms with Crippen LogP contribution in [-0.2, 0) is 0 Å². The molecule has 1 fully saturated rings. The van der Waals surface area contributed by atoms with Crippen molar-refractivity contribution < 1.29 is 0 Å². The number of rotatable bonds is 4. The zero-order valence-electron chi connectivity index (χ0n) is 11.6. The molecule has 0 saturated heterocycles. The van der Waals surface area contributed by atoms with E-state index in [9.17, 15) is 0 Å². The predicted octanol–water partition coefficient (Wildman–Crippen LogP) is 2.87. The van der Waals surface area contributed by atoms with E-state index in [1.165, 1.54) is 38.6 Å². The quantitative estimate of drug-likeness (QED) is 0.798. The second kappa shape index (κ2) is 6.02. The van der Waals surface area contributed by atoms with E-state index in [2.05, 4.69) is 32.7 Å². The van der Waals surface area contributed by atoms with Gasteiger partial charge in [0.15, 0.2) is 0 Å². The van der Waals surface area contributed by atoms with E-state index in [0.29, 0.717) is 0 Å². The van der Waals surface area contributed by atoms with Crippen LogP contribution in [0.3, 0.4) is 0 Å². The molecule has 16 heavy (non-hydrogen) atoms. The van der Waals surface area contributed by atoms with Crippen molar-refractivity contribution in [2.45, 2.75) is 58.9 Å². The molecule has 0 amide bonds. The number of hydrogen-bond acceptors (Lipinski definition) is 2. The van der Waals surface area contributed by atoms with E-state index >= 15 is 0 Å². The van der Waals surface area contributed by atoms with Crippen molar-refractivity contribution >= 4 is 0 Å². The van der Waals surface area contributed by atoms with Gasteiger partial charge in [-0.15, -0.1) is 0 Å². The SMILES string of the molecule is CN(CC1CCCCC1)CC(N)C(C)(C)C. The van der Waals surface area contributed by atoms with Crippen LogP contribution in [0, 0.1) is 11.3 Å². The summed E-state index contributed by atoms with van der Waals surface area (Å²) in [5.41, 5.74) is 6.44. The molecule has 96 valence electrons. The highest BCUT2D eigenvalue weighted by Gasteiger charge is 2.23. The van der Waals surface area contributed by atoms with Gasteiger partial charge < -0.3 is 10.6 Å². The molecular formula is C14H30N2. The van der Waals surface area contributed by atoms with Gasteiger partial charge in [-0.2, -0.15) is 0 Å². The Kier molecular flexibility index (Phi) is 5.26. The van der Waals surface area contributed by atoms with Crippen LogP contribution in [0.25, 0.3) is 0 Å². The van der Waals surface area contributed by atoms with Crippen molar-refractivity contribution in [3.8, 4) is 0 Å². The lowest BCUT2D eigenvalue weighted by Gasteiger charge is -2.33. The minimum absolute atomic E-state index is 0.223. The van der Waals surface area contributed by atoms with Crippen molar-refractivity contribution in [3.63, 3.8) is 0 Å². The molecule has 0 aromatic carbocycles. The van der Waals surface area contributed by atoms with E-state index in [1.54, 1.807) is 0 Å². The molecule has 1 saturated carbocycles. The second-order valence-corrected chi connectivity index (χ2v) is 6.70. The maximum atomic E-state index is 6.22. The van der Waals surface area contributed by atoms with Crippen molar-refractivity contribution in [1.29, 1.82) is 0 Å². The average Bonchev–Trinajstić information content (AvgIpc) is 2.17. The summed E-state index contributed by atoms with van der Waals surface area (Å²) in [7, 11) is 2.22. The molecule has 0 heterocycles. The smallest absolute Gasteiger partial charge is 0.0217 e. The zero-order valence-corrected chi connectivity index (χ0v) is 11.6. The topological polar surface area (TPSA) is 29.3 Å². The first-order chi connectivity index (χ1) is 7.39. The van der Waals surface area contributed by atoms with Gasteiger partial charge in [-0.25, -0.2) is 0 Å². The molecule has 2 N–H and O–H groups in total. The Hall–Kier alpha value is -0.0800. The Morgan fingerprint density at radius 3 is 2.25 bits per heavy atom. The fraction of sp³-hybridized carbons (Fsp3) is 1.00. The fourth-order valence-corrected chi connectivity index (χ4v) is 2.49. The van der Waals surface area contributed by atoms with E-state index in [0.717, 1.165) is 12.5 Å². The number of nitrogens with zero attached hydrogens (tertiary/aromatic N) is 1. The van der Waals surface area contributed by atoms with Gasteiger partial charge in [0.1, 0.15) is 0 Å².